The largest absolute Gasteiger partial charge is 0.398 e. The molecule has 0 heterocycles. The van der Waals surface area contributed by atoms with E-state index < -0.39 is 76.7 Å². The van der Waals surface area contributed by atoms with Gasteiger partial charge in [-0.2, -0.15) is 16.8 Å². The lowest BCUT2D eigenvalue weighted by molar-refractivity contribution is 0.282. The van der Waals surface area contributed by atoms with Crippen LogP contribution in [0.1, 0.15) is 11.1 Å². The summed E-state index contributed by atoms with van der Waals surface area (Å²) in [4.78, 5) is 0. The van der Waals surface area contributed by atoms with Crippen LogP contribution in [0.2, 0.25) is 0 Å². The van der Waals surface area contributed by atoms with Gasteiger partial charge in [-0.1, -0.05) is 12.1 Å². The molecular formula is C12H19NO12S4. The highest BCUT2D eigenvalue weighted by Crippen LogP contribution is 2.19. The van der Waals surface area contributed by atoms with Crippen molar-refractivity contribution >= 4 is 46.2 Å². The van der Waals surface area contributed by atoms with Gasteiger partial charge < -0.3 is 5.73 Å². The van der Waals surface area contributed by atoms with Crippen LogP contribution >= 0.6 is 0 Å². The summed E-state index contributed by atoms with van der Waals surface area (Å²) in [5, 5.41) is 0. The van der Waals surface area contributed by atoms with Crippen molar-refractivity contribution in [1.29, 1.82) is 0 Å². The minimum atomic E-state index is -4.77. The smallest absolute Gasteiger partial charge is 0.397 e. The third kappa shape index (κ3) is 11.4. The molecule has 0 aromatic heterocycles. The molecule has 1 aromatic rings. The molecular weight excluding hydrogens is 478 g/mol. The van der Waals surface area contributed by atoms with E-state index in [1.807, 2.05) is 0 Å². The Balaban J connectivity index is 2.76. The highest BCUT2D eigenvalue weighted by Gasteiger charge is 2.18. The number of nitrogen functional groups attached to an aromatic ring is 1. The van der Waals surface area contributed by atoms with Gasteiger partial charge in [-0.15, -0.1) is 0 Å². The van der Waals surface area contributed by atoms with Gasteiger partial charge in [0.1, 0.15) is 0 Å². The Morgan fingerprint density at radius 2 is 1.21 bits per heavy atom. The maximum Gasteiger partial charge on any atom is 0.397 e. The minimum absolute atomic E-state index is 0.0360. The zero-order valence-corrected chi connectivity index (χ0v) is 17.9. The average molecular weight is 498 g/mol. The van der Waals surface area contributed by atoms with E-state index in [1.54, 1.807) is 0 Å². The summed E-state index contributed by atoms with van der Waals surface area (Å²) in [6, 6.07) is 3.80. The van der Waals surface area contributed by atoms with Gasteiger partial charge in [0.15, 0.2) is 19.7 Å². The molecule has 29 heavy (non-hydrogen) atoms. The molecule has 0 aliphatic heterocycles. The summed E-state index contributed by atoms with van der Waals surface area (Å²) in [5.74, 6) is -2.53. The maximum atomic E-state index is 12.0. The van der Waals surface area contributed by atoms with Crippen molar-refractivity contribution < 1.29 is 51.1 Å². The quantitative estimate of drug-likeness (QED) is 0.227. The molecule has 0 amide bonds. The number of nitrogens with two attached hydrogens (primary N) is 1. The van der Waals surface area contributed by atoms with Gasteiger partial charge in [0, 0.05) is 5.69 Å². The second-order valence-electron chi connectivity index (χ2n) is 5.72. The van der Waals surface area contributed by atoms with Gasteiger partial charge in [0.25, 0.3) is 0 Å². The van der Waals surface area contributed by atoms with Gasteiger partial charge in [-0.25, -0.2) is 25.2 Å². The molecule has 0 radical (unpaired) electrons. The molecule has 0 spiro atoms. The number of sulfone groups is 2. The third-order valence-corrected chi connectivity index (χ3v) is 7.26. The highest BCUT2D eigenvalue weighted by molar-refractivity contribution is 7.91. The lowest BCUT2D eigenvalue weighted by atomic mass is 10.1. The second kappa shape index (κ2) is 9.65. The Morgan fingerprint density at radius 3 is 1.62 bits per heavy atom. The molecule has 0 saturated carbocycles. The third-order valence-electron chi connectivity index (χ3n) is 3.23. The molecule has 0 aliphatic rings. The minimum Gasteiger partial charge on any atom is -0.398 e. The van der Waals surface area contributed by atoms with Gasteiger partial charge in [-0.3, -0.25) is 9.11 Å². The van der Waals surface area contributed by atoms with Gasteiger partial charge in [0.05, 0.1) is 36.2 Å². The van der Waals surface area contributed by atoms with Crippen molar-refractivity contribution in [3.05, 3.63) is 29.3 Å². The lowest BCUT2D eigenvalue weighted by Crippen LogP contribution is -2.18. The summed E-state index contributed by atoms with van der Waals surface area (Å²) in [6.45, 7) is -1.57. The molecule has 17 heteroatoms. The first kappa shape index (κ1) is 25.7. The normalized spacial score (nSPS) is 13.4. The van der Waals surface area contributed by atoms with Crippen LogP contribution in [-0.4, -0.2) is 67.5 Å². The first-order valence-corrected chi connectivity index (χ1v) is 13.9. The summed E-state index contributed by atoms with van der Waals surface area (Å²) in [7, 11) is -17.2. The second-order valence-corrected chi connectivity index (χ2v) is 12.3. The van der Waals surface area contributed by atoms with Crippen LogP contribution in [-0.2, 0) is 60.3 Å². The van der Waals surface area contributed by atoms with Crippen molar-refractivity contribution in [2.75, 3.05) is 30.5 Å². The molecule has 0 fully saturated rings. The maximum absolute atomic E-state index is 12.0. The predicted molar refractivity (Wildman–Crippen MR) is 101 cm³/mol. The fourth-order valence-electron chi connectivity index (χ4n) is 2.03. The fraction of sp³-hybridized carbons (Fsp3) is 0.500. The van der Waals surface area contributed by atoms with Gasteiger partial charge in [0.2, 0.25) is 0 Å². The highest BCUT2D eigenvalue weighted by atomic mass is 32.3. The standard InChI is InChI=1S/C12H19NO12S4/c13-12-7-10(8-26(14,15)5-3-24-28(18,19)20)1-2-11(12)9-27(16,17)6-4-25-29(21,22)23/h1-2,7H,3-6,8-9,13H2,(H,18,19,20)(H,21,22,23). The Hall–Kier alpha value is -1.34. The number of hydrogen-bond donors (Lipinski definition) is 3. The van der Waals surface area contributed by atoms with Gasteiger partial charge in [-0.05, 0) is 17.2 Å². The van der Waals surface area contributed by atoms with Crippen molar-refractivity contribution in [3.8, 4) is 0 Å². The van der Waals surface area contributed by atoms with Crippen molar-refractivity contribution in [2.24, 2.45) is 0 Å². The fourth-order valence-corrected chi connectivity index (χ4v) is 5.22. The SMILES string of the molecule is Nc1cc(CS(=O)(=O)CCOS(=O)(=O)O)ccc1CS(=O)(=O)CCOS(=O)(=O)O. The first-order valence-electron chi connectivity index (χ1n) is 7.50. The van der Waals surface area contributed by atoms with E-state index in [4.69, 9.17) is 14.8 Å². The number of benzene rings is 1. The predicted octanol–water partition coefficient (Wildman–Crippen LogP) is -1.26. The molecule has 1 aromatic carbocycles. The van der Waals surface area contributed by atoms with Crippen LogP contribution < -0.4 is 5.73 Å². The Kier molecular flexibility index (Phi) is 8.55. The van der Waals surface area contributed by atoms with Gasteiger partial charge >= 0.3 is 20.8 Å². The molecule has 4 N–H and O–H groups in total. The van der Waals surface area contributed by atoms with E-state index >= 15 is 0 Å². The molecule has 168 valence electrons. The van der Waals surface area contributed by atoms with Crippen molar-refractivity contribution in [3.63, 3.8) is 0 Å². The molecule has 0 aliphatic carbocycles. The zero-order chi connectivity index (χ0) is 22.5. The van der Waals surface area contributed by atoms with Crippen LogP contribution in [0.3, 0.4) is 0 Å². The average Bonchev–Trinajstić information content (AvgIpc) is 2.46. The van der Waals surface area contributed by atoms with E-state index in [9.17, 15) is 33.7 Å². The molecule has 0 saturated heterocycles. The summed E-state index contributed by atoms with van der Waals surface area (Å²) in [5.41, 5.74) is 6.03. The lowest BCUT2D eigenvalue weighted by Gasteiger charge is -2.10. The van der Waals surface area contributed by atoms with E-state index in [0.717, 1.165) is 0 Å². The van der Waals surface area contributed by atoms with Crippen molar-refractivity contribution in [1.82, 2.24) is 0 Å². The number of hydrogen-bond acceptors (Lipinski definition) is 11. The molecule has 0 bridgehead atoms. The monoisotopic (exact) mass is 497 g/mol. The van der Waals surface area contributed by atoms with Crippen LogP contribution in [0, 0.1) is 0 Å². The molecule has 0 atom stereocenters. The molecule has 0 unspecified atom stereocenters. The van der Waals surface area contributed by atoms with Crippen molar-refractivity contribution in [2.45, 2.75) is 11.5 Å². The van der Waals surface area contributed by atoms with E-state index in [1.165, 1.54) is 18.2 Å². The Bertz CT molecular complexity index is 1140. The molecule has 1 rings (SSSR count). The van der Waals surface area contributed by atoms with E-state index in [0.29, 0.717) is 0 Å². The zero-order valence-electron chi connectivity index (χ0n) is 14.7. The summed E-state index contributed by atoms with van der Waals surface area (Å²) >= 11 is 0. The summed E-state index contributed by atoms with van der Waals surface area (Å²) < 4.78 is 114. The van der Waals surface area contributed by atoms with Crippen LogP contribution in [0.5, 0.6) is 0 Å². The van der Waals surface area contributed by atoms with E-state index in [-0.39, 0.29) is 16.8 Å². The topological polar surface area (TPSA) is 221 Å². The Morgan fingerprint density at radius 1 is 0.759 bits per heavy atom. The van der Waals surface area contributed by atoms with Crippen LogP contribution in [0.25, 0.3) is 0 Å². The Labute approximate surface area is 168 Å². The molecule has 13 nitrogen and oxygen atoms in total. The van der Waals surface area contributed by atoms with Crippen LogP contribution in [0.15, 0.2) is 18.2 Å². The number of anilines is 1. The van der Waals surface area contributed by atoms with E-state index in [2.05, 4.69) is 8.37 Å². The first-order chi connectivity index (χ1) is 13.0. The van der Waals surface area contributed by atoms with Crippen LogP contribution in [0.4, 0.5) is 5.69 Å². The number of rotatable bonds is 12. The summed E-state index contributed by atoms with van der Waals surface area (Å²) in [6.07, 6.45) is 0.